The maximum absolute atomic E-state index is 9.33. The maximum atomic E-state index is 9.33. The minimum atomic E-state index is -0.0882. The Kier molecular flexibility index (Phi) is 3.31. The fraction of sp³-hybridized carbons (Fsp3) is 0.125. The third-order valence-corrected chi connectivity index (χ3v) is 3.08. The van der Waals surface area contributed by atoms with Gasteiger partial charge in [-0.3, -0.25) is 4.98 Å². The van der Waals surface area contributed by atoms with Crippen LogP contribution in [-0.2, 0) is 6.61 Å². The van der Waals surface area contributed by atoms with Gasteiger partial charge in [0, 0.05) is 22.8 Å². The first-order valence-electron chi connectivity index (χ1n) is 6.36. The normalized spacial score (nSPS) is 10.7. The highest BCUT2D eigenvalue weighted by atomic mass is 16.5. The molecule has 0 amide bonds. The molecule has 4 nitrogen and oxygen atoms in total. The van der Waals surface area contributed by atoms with Crippen molar-refractivity contribution in [3.63, 3.8) is 0 Å². The molecule has 0 spiro atoms. The van der Waals surface area contributed by atoms with E-state index in [0.29, 0.717) is 17.1 Å². The van der Waals surface area contributed by atoms with E-state index in [1.807, 2.05) is 37.3 Å². The SMILES string of the molecule is Cc1ccc2cccc(Oc3cnccc3CO)c2n1. The molecule has 4 heteroatoms. The lowest BCUT2D eigenvalue weighted by molar-refractivity contribution is 0.276. The predicted molar refractivity (Wildman–Crippen MR) is 76.7 cm³/mol. The van der Waals surface area contributed by atoms with Crippen molar-refractivity contribution in [3.8, 4) is 11.5 Å². The van der Waals surface area contributed by atoms with Gasteiger partial charge < -0.3 is 9.84 Å². The number of aliphatic hydroxyl groups is 1. The van der Waals surface area contributed by atoms with Crippen LogP contribution in [0.5, 0.6) is 11.5 Å². The van der Waals surface area contributed by atoms with Crippen molar-refractivity contribution in [1.82, 2.24) is 9.97 Å². The molecule has 100 valence electrons. The van der Waals surface area contributed by atoms with E-state index in [1.54, 1.807) is 18.5 Å². The van der Waals surface area contributed by atoms with E-state index in [-0.39, 0.29) is 6.61 Å². The van der Waals surface area contributed by atoms with Crippen LogP contribution in [0.25, 0.3) is 10.9 Å². The van der Waals surface area contributed by atoms with Gasteiger partial charge >= 0.3 is 0 Å². The highest BCUT2D eigenvalue weighted by molar-refractivity contribution is 5.84. The van der Waals surface area contributed by atoms with Gasteiger partial charge in [-0.1, -0.05) is 18.2 Å². The van der Waals surface area contributed by atoms with E-state index in [0.717, 1.165) is 16.6 Å². The molecule has 0 atom stereocenters. The number of nitrogens with zero attached hydrogens (tertiary/aromatic N) is 2. The monoisotopic (exact) mass is 266 g/mol. The summed E-state index contributed by atoms with van der Waals surface area (Å²) in [5.41, 5.74) is 2.44. The second-order valence-electron chi connectivity index (χ2n) is 4.52. The molecule has 0 fully saturated rings. The number of fused-ring (bicyclic) bond motifs is 1. The smallest absolute Gasteiger partial charge is 0.153 e. The van der Waals surface area contributed by atoms with Crippen molar-refractivity contribution in [1.29, 1.82) is 0 Å². The molecule has 1 aromatic carbocycles. The number of pyridine rings is 2. The van der Waals surface area contributed by atoms with Gasteiger partial charge in [-0.2, -0.15) is 0 Å². The van der Waals surface area contributed by atoms with Gasteiger partial charge in [0.05, 0.1) is 12.8 Å². The molecule has 0 radical (unpaired) electrons. The van der Waals surface area contributed by atoms with Crippen molar-refractivity contribution in [2.45, 2.75) is 13.5 Å². The summed E-state index contributed by atoms with van der Waals surface area (Å²) in [6.07, 6.45) is 3.23. The number of benzene rings is 1. The fourth-order valence-corrected chi connectivity index (χ4v) is 2.05. The minimum absolute atomic E-state index is 0.0882. The second-order valence-corrected chi connectivity index (χ2v) is 4.52. The molecule has 0 aliphatic carbocycles. The molecule has 2 aromatic heterocycles. The third kappa shape index (κ3) is 2.33. The van der Waals surface area contributed by atoms with Gasteiger partial charge in [0.25, 0.3) is 0 Å². The van der Waals surface area contributed by atoms with E-state index in [4.69, 9.17) is 4.74 Å². The molecule has 0 bridgehead atoms. The second kappa shape index (κ2) is 5.27. The molecule has 0 unspecified atom stereocenters. The standard InChI is InChI=1S/C16H14N2O2/c1-11-5-6-12-3-2-4-14(16(12)18-11)20-15-9-17-8-7-13(15)10-19/h2-9,19H,10H2,1H3. The van der Waals surface area contributed by atoms with Crippen LogP contribution in [0.3, 0.4) is 0 Å². The zero-order valence-corrected chi connectivity index (χ0v) is 11.1. The summed E-state index contributed by atoms with van der Waals surface area (Å²) in [6.45, 7) is 1.86. The summed E-state index contributed by atoms with van der Waals surface area (Å²) in [6, 6.07) is 11.5. The van der Waals surface area contributed by atoms with Gasteiger partial charge in [-0.05, 0) is 25.1 Å². The van der Waals surface area contributed by atoms with Crippen molar-refractivity contribution in [2.24, 2.45) is 0 Å². The predicted octanol–water partition coefficient (Wildman–Crippen LogP) is 3.22. The summed E-state index contributed by atoms with van der Waals surface area (Å²) < 4.78 is 5.88. The first-order valence-corrected chi connectivity index (χ1v) is 6.36. The highest BCUT2D eigenvalue weighted by Gasteiger charge is 2.08. The summed E-state index contributed by atoms with van der Waals surface area (Å²) in [4.78, 5) is 8.55. The number of aliphatic hydroxyl groups excluding tert-OH is 1. The first kappa shape index (κ1) is 12.6. The number of hydrogen-bond acceptors (Lipinski definition) is 4. The molecule has 0 aliphatic rings. The molecule has 3 rings (SSSR count). The lowest BCUT2D eigenvalue weighted by Gasteiger charge is -2.11. The van der Waals surface area contributed by atoms with Crippen molar-refractivity contribution in [2.75, 3.05) is 0 Å². The lowest BCUT2D eigenvalue weighted by atomic mass is 10.2. The van der Waals surface area contributed by atoms with Crippen LogP contribution in [0.4, 0.5) is 0 Å². The van der Waals surface area contributed by atoms with E-state index >= 15 is 0 Å². The molecule has 1 N–H and O–H groups in total. The Morgan fingerprint density at radius 1 is 1.10 bits per heavy atom. The Labute approximate surface area is 116 Å². The van der Waals surface area contributed by atoms with E-state index in [9.17, 15) is 5.11 Å². The van der Waals surface area contributed by atoms with Crippen LogP contribution in [0, 0.1) is 6.92 Å². The number of rotatable bonds is 3. The number of aromatic nitrogens is 2. The Morgan fingerprint density at radius 2 is 2.00 bits per heavy atom. The molecule has 2 heterocycles. The Bertz CT molecular complexity index is 756. The molecule has 0 saturated carbocycles. The van der Waals surface area contributed by atoms with Gasteiger partial charge in [0.2, 0.25) is 0 Å². The van der Waals surface area contributed by atoms with E-state index < -0.39 is 0 Å². The average molecular weight is 266 g/mol. The number of para-hydroxylation sites is 1. The van der Waals surface area contributed by atoms with E-state index in [2.05, 4.69) is 9.97 Å². The van der Waals surface area contributed by atoms with Crippen LogP contribution in [0.15, 0.2) is 48.8 Å². The van der Waals surface area contributed by atoms with E-state index in [1.165, 1.54) is 0 Å². The topological polar surface area (TPSA) is 55.2 Å². The van der Waals surface area contributed by atoms with Crippen LogP contribution < -0.4 is 4.74 Å². The van der Waals surface area contributed by atoms with Gasteiger partial charge in [0.1, 0.15) is 5.52 Å². The molecule has 0 saturated heterocycles. The van der Waals surface area contributed by atoms with Crippen molar-refractivity contribution >= 4 is 10.9 Å². The van der Waals surface area contributed by atoms with Gasteiger partial charge in [-0.15, -0.1) is 0 Å². The average Bonchev–Trinajstić information content (AvgIpc) is 2.48. The van der Waals surface area contributed by atoms with Crippen LogP contribution >= 0.6 is 0 Å². The zero-order chi connectivity index (χ0) is 13.9. The summed E-state index contributed by atoms with van der Waals surface area (Å²) in [5, 5.41) is 10.3. The first-order chi connectivity index (χ1) is 9.78. The number of ether oxygens (including phenoxy) is 1. The largest absolute Gasteiger partial charge is 0.453 e. The van der Waals surface area contributed by atoms with Crippen LogP contribution in [0.2, 0.25) is 0 Å². The Morgan fingerprint density at radius 3 is 2.85 bits per heavy atom. The Hall–Kier alpha value is -2.46. The maximum Gasteiger partial charge on any atom is 0.153 e. The molecule has 0 aliphatic heterocycles. The molecule has 3 aromatic rings. The summed E-state index contributed by atoms with van der Waals surface area (Å²) >= 11 is 0. The van der Waals surface area contributed by atoms with Crippen molar-refractivity contribution in [3.05, 3.63) is 60.0 Å². The summed E-state index contributed by atoms with van der Waals surface area (Å²) in [5.74, 6) is 1.21. The van der Waals surface area contributed by atoms with Crippen molar-refractivity contribution < 1.29 is 9.84 Å². The third-order valence-electron chi connectivity index (χ3n) is 3.08. The lowest BCUT2D eigenvalue weighted by Crippen LogP contribution is -1.94. The van der Waals surface area contributed by atoms with Crippen LogP contribution in [0.1, 0.15) is 11.3 Å². The quantitative estimate of drug-likeness (QED) is 0.790. The van der Waals surface area contributed by atoms with Gasteiger partial charge in [0.15, 0.2) is 11.5 Å². The number of aryl methyl sites for hydroxylation is 1. The summed E-state index contributed by atoms with van der Waals surface area (Å²) in [7, 11) is 0. The molecular weight excluding hydrogens is 252 g/mol. The number of hydrogen-bond donors (Lipinski definition) is 1. The highest BCUT2D eigenvalue weighted by Crippen LogP contribution is 2.30. The van der Waals surface area contributed by atoms with Gasteiger partial charge in [-0.25, -0.2) is 4.98 Å². The fourth-order valence-electron chi connectivity index (χ4n) is 2.05. The van der Waals surface area contributed by atoms with Crippen LogP contribution in [-0.4, -0.2) is 15.1 Å². The molecule has 20 heavy (non-hydrogen) atoms. The zero-order valence-electron chi connectivity index (χ0n) is 11.1. The Balaban J connectivity index is 2.08. The molecular formula is C16H14N2O2. The minimum Gasteiger partial charge on any atom is -0.453 e.